The molecule has 0 atom stereocenters. The van der Waals surface area contributed by atoms with Gasteiger partial charge < -0.3 is 0 Å². The first kappa shape index (κ1) is 7.50. The van der Waals surface area contributed by atoms with E-state index in [2.05, 4.69) is 10.1 Å². The van der Waals surface area contributed by atoms with E-state index < -0.39 is 0 Å². The van der Waals surface area contributed by atoms with Crippen LogP contribution >= 0.6 is 0 Å². The smallest absolute Gasteiger partial charge is 0.0598 e. The van der Waals surface area contributed by atoms with Crippen molar-refractivity contribution in [3.63, 3.8) is 0 Å². The van der Waals surface area contributed by atoms with E-state index in [0.29, 0.717) is 0 Å². The fraction of sp³-hybridized carbons (Fsp3) is 0.833. The SMILES string of the molecule is ONON=C1CCCCC1. The van der Waals surface area contributed by atoms with Crippen molar-refractivity contribution in [2.45, 2.75) is 32.1 Å². The van der Waals surface area contributed by atoms with Crippen LogP contribution in [0.4, 0.5) is 0 Å². The third kappa shape index (κ3) is 2.33. The van der Waals surface area contributed by atoms with Gasteiger partial charge in [-0.15, -0.1) is 0 Å². The first-order valence-corrected chi connectivity index (χ1v) is 3.54. The minimum absolute atomic E-state index is 1.00. The van der Waals surface area contributed by atoms with Gasteiger partial charge in [-0.3, -0.25) is 10.1 Å². The molecule has 2 N–H and O–H groups in total. The molecule has 0 aliphatic heterocycles. The maximum atomic E-state index is 8.02. The minimum Gasteiger partial charge on any atom is -0.281 e. The highest BCUT2D eigenvalue weighted by atomic mass is 16.9. The summed E-state index contributed by atoms with van der Waals surface area (Å²) >= 11 is 0. The van der Waals surface area contributed by atoms with Crippen molar-refractivity contribution in [2.75, 3.05) is 0 Å². The number of hydrogen-bond donors (Lipinski definition) is 2. The third-order valence-electron chi connectivity index (χ3n) is 1.65. The number of hydrogen-bond acceptors (Lipinski definition) is 4. The van der Waals surface area contributed by atoms with Crippen LogP contribution in [0, 0.1) is 0 Å². The molecule has 0 heterocycles. The highest BCUT2D eigenvalue weighted by Gasteiger charge is 2.06. The molecule has 4 nitrogen and oxygen atoms in total. The Morgan fingerprint density at radius 1 is 1.30 bits per heavy atom. The summed E-state index contributed by atoms with van der Waals surface area (Å²) < 4.78 is 0. The molecule has 1 fully saturated rings. The lowest BCUT2D eigenvalue weighted by Gasteiger charge is -2.10. The molecule has 1 aliphatic carbocycles. The summed E-state index contributed by atoms with van der Waals surface area (Å²) in [6, 6.07) is 0. The van der Waals surface area contributed by atoms with Gasteiger partial charge in [0.25, 0.3) is 0 Å². The first-order chi connectivity index (χ1) is 4.93. The predicted octanol–water partition coefficient (Wildman–Crippen LogP) is 1.22. The second-order valence-electron chi connectivity index (χ2n) is 2.40. The molecule has 0 amide bonds. The summed E-state index contributed by atoms with van der Waals surface area (Å²) in [5, 5.41) is 11.7. The van der Waals surface area contributed by atoms with E-state index in [1.807, 2.05) is 0 Å². The highest BCUT2D eigenvalue weighted by Crippen LogP contribution is 2.14. The Morgan fingerprint density at radius 3 is 2.60 bits per heavy atom. The molecule has 4 heteroatoms. The van der Waals surface area contributed by atoms with Gasteiger partial charge in [-0.05, 0) is 31.3 Å². The van der Waals surface area contributed by atoms with Gasteiger partial charge in [0.05, 0.1) is 5.71 Å². The lowest BCUT2D eigenvalue weighted by Crippen LogP contribution is -2.09. The van der Waals surface area contributed by atoms with Gasteiger partial charge in [0.2, 0.25) is 0 Å². The summed E-state index contributed by atoms with van der Waals surface area (Å²) in [5.41, 5.74) is 2.56. The normalized spacial score (nSPS) is 18.7. The van der Waals surface area contributed by atoms with Crippen LogP contribution in [-0.2, 0) is 4.94 Å². The van der Waals surface area contributed by atoms with Crippen LogP contribution in [0.1, 0.15) is 32.1 Å². The molecule has 1 rings (SSSR count). The van der Waals surface area contributed by atoms with Gasteiger partial charge in [-0.1, -0.05) is 11.6 Å². The van der Waals surface area contributed by atoms with Gasteiger partial charge in [0.1, 0.15) is 0 Å². The van der Waals surface area contributed by atoms with Crippen molar-refractivity contribution < 1.29 is 10.1 Å². The van der Waals surface area contributed by atoms with Crippen LogP contribution in [0.25, 0.3) is 0 Å². The van der Waals surface area contributed by atoms with E-state index in [1.165, 1.54) is 24.9 Å². The van der Waals surface area contributed by atoms with Crippen molar-refractivity contribution >= 4 is 5.71 Å². The molecule has 0 saturated heterocycles. The van der Waals surface area contributed by atoms with Gasteiger partial charge >= 0.3 is 0 Å². The molecular weight excluding hydrogens is 132 g/mol. The molecular formula is C6H12N2O2. The Hall–Kier alpha value is -0.610. The molecule has 1 aliphatic rings. The Kier molecular flexibility index (Phi) is 3.18. The van der Waals surface area contributed by atoms with Crippen LogP contribution in [0.5, 0.6) is 0 Å². The molecule has 58 valence electrons. The number of rotatable bonds is 2. The second-order valence-corrected chi connectivity index (χ2v) is 2.40. The topological polar surface area (TPSA) is 53.8 Å². The third-order valence-corrected chi connectivity index (χ3v) is 1.65. The largest absolute Gasteiger partial charge is 0.281 e. The van der Waals surface area contributed by atoms with Crippen molar-refractivity contribution in [1.29, 1.82) is 0 Å². The first-order valence-electron chi connectivity index (χ1n) is 3.54. The van der Waals surface area contributed by atoms with Crippen molar-refractivity contribution in [1.82, 2.24) is 5.64 Å². The Morgan fingerprint density at radius 2 is 2.00 bits per heavy atom. The molecule has 10 heavy (non-hydrogen) atoms. The molecule has 0 aromatic heterocycles. The number of nitrogens with zero attached hydrogens (tertiary/aromatic N) is 1. The zero-order valence-corrected chi connectivity index (χ0v) is 5.84. The molecule has 0 bridgehead atoms. The van der Waals surface area contributed by atoms with Crippen LogP contribution in [0.3, 0.4) is 0 Å². The van der Waals surface area contributed by atoms with Crippen molar-refractivity contribution in [2.24, 2.45) is 5.16 Å². The molecule has 0 radical (unpaired) electrons. The monoisotopic (exact) mass is 144 g/mol. The van der Waals surface area contributed by atoms with Crippen LogP contribution in [0.2, 0.25) is 0 Å². The summed E-state index contributed by atoms with van der Waals surface area (Å²) in [7, 11) is 0. The predicted molar refractivity (Wildman–Crippen MR) is 36.5 cm³/mol. The fourth-order valence-corrected chi connectivity index (χ4v) is 1.14. The van der Waals surface area contributed by atoms with Crippen molar-refractivity contribution in [3.8, 4) is 0 Å². The summed E-state index contributed by atoms with van der Waals surface area (Å²) in [6.45, 7) is 0. The van der Waals surface area contributed by atoms with E-state index in [4.69, 9.17) is 5.21 Å². The summed E-state index contributed by atoms with van der Waals surface area (Å²) in [6.07, 6.45) is 5.66. The van der Waals surface area contributed by atoms with Gasteiger partial charge in [0.15, 0.2) is 0 Å². The zero-order valence-electron chi connectivity index (χ0n) is 5.84. The average molecular weight is 144 g/mol. The van der Waals surface area contributed by atoms with E-state index in [0.717, 1.165) is 18.6 Å². The molecule has 0 spiro atoms. The van der Waals surface area contributed by atoms with E-state index in [-0.39, 0.29) is 0 Å². The fourth-order valence-electron chi connectivity index (χ4n) is 1.14. The Bertz CT molecular complexity index is 117. The van der Waals surface area contributed by atoms with Crippen molar-refractivity contribution in [3.05, 3.63) is 0 Å². The maximum absolute atomic E-state index is 8.02. The molecule has 0 aromatic rings. The van der Waals surface area contributed by atoms with E-state index >= 15 is 0 Å². The van der Waals surface area contributed by atoms with Gasteiger partial charge in [0, 0.05) is 0 Å². The summed E-state index contributed by atoms with van der Waals surface area (Å²) in [4.78, 5) is 4.27. The summed E-state index contributed by atoms with van der Waals surface area (Å²) in [5.74, 6) is 0. The van der Waals surface area contributed by atoms with Gasteiger partial charge in [-0.2, -0.15) is 0 Å². The van der Waals surface area contributed by atoms with E-state index in [1.54, 1.807) is 0 Å². The minimum atomic E-state index is 1.00. The molecule has 1 saturated carbocycles. The Labute approximate surface area is 59.8 Å². The van der Waals surface area contributed by atoms with Crippen LogP contribution in [0.15, 0.2) is 5.16 Å². The van der Waals surface area contributed by atoms with Crippen LogP contribution in [-0.4, -0.2) is 10.9 Å². The maximum Gasteiger partial charge on any atom is 0.0598 e. The Balaban J connectivity index is 2.23. The second kappa shape index (κ2) is 4.24. The highest BCUT2D eigenvalue weighted by molar-refractivity contribution is 5.84. The van der Waals surface area contributed by atoms with E-state index in [9.17, 15) is 0 Å². The molecule has 0 aromatic carbocycles. The van der Waals surface area contributed by atoms with Crippen LogP contribution < -0.4 is 5.64 Å². The standard InChI is InChI=1S/C6H12N2O2/c9-8-10-7-6-4-2-1-3-5-6/h8-9H,1-5H2. The quantitative estimate of drug-likeness (QED) is 0.573. The number of nitrogens with one attached hydrogen (secondary N) is 1. The lowest BCUT2D eigenvalue weighted by molar-refractivity contribution is -0.126. The average Bonchev–Trinajstić information content (AvgIpc) is 2.03. The lowest BCUT2D eigenvalue weighted by atomic mass is 9.99. The van der Waals surface area contributed by atoms with Gasteiger partial charge in [-0.25, -0.2) is 0 Å². The molecule has 0 unspecified atom stereocenters. The number of oxime groups is 1. The zero-order chi connectivity index (χ0) is 7.23.